The van der Waals surface area contributed by atoms with Gasteiger partial charge in [-0.2, -0.15) is 5.26 Å². The molecule has 0 aromatic heterocycles. The van der Waals surface area contributed by atoms with Crippen LogP contribution in [-0.4, -0.2) is 25.4 Å². The van der Waals surface area contributed by atoms with Gasteiger partial charge in [0.25, 0.3) is 0 Å². The van der Waals surface area contributed by atoms with Gasteiger partial charge < -0.3 is 10.6 Å². The summed E-state index contributed by atoms with van der Waals surface area (Å²) in [7, 11) is 1.39. The molecule has 0 heterocycles. The quantitative estimate of drug-likeness (QED) is 0.544. The summed E-state index contributed by atoms with van der Waals surface area (Å²) >= 11 is 0. The summed E-state index contributed by atoms with van der Waals surface area (Å²) in [6.45, 7) is 0.274. The Balaban J connectivity index is 2.31. The molecule has 0 aromatic carbocycles. The fourth-order valence-corrected chi connectivity index (χ4v) is 0.922. The summed E-state index contributed by atoms with van der Waals surface area (Å²) in [5, 5.41) is 13.3. The lowest BCUT2D eigenvalue weighted by Crippen LogP contribution is -2.40. The van der Waals surface area contributed by atoms with E-state index in [2.05, 4.69) is 16.7 Å². The molecule has 1 aliphatic carbocycles. The molecule has 1 aliphatic rings. The molecular formula is C8H11N3O2. The van der Waals surface area contributed by atoms with Crippen molar-refractivity contribution >= 4 is 11.8 Å². The Bertz CT molecular complexity index is 276. The van der Waals surface area contributed by atoms with Crippen LogP contribution in [0.3, 0.4) is 0 Å². The predicted molar refractivity (Wildman–Crippen MR) is 44.4 cm³/mol. The summed E-state index contributed by atoms with van der Waals surface area (Å²) < 4.78 is 0. The Morgan fingerprint density at radius 1 is 1.46 bits per heavy atom. The molecule has 5 heteroatoms. The molecule has 2 N–H and O–H groups in total. The van der Waals surface area contributed by atoms with Crippen molar-refractivity contribution in [3.8, 4) is 6.07 Å². The number of nitrogens with one attached hydrogen (secondary N) is 2. The van der Waals surface area contributed by atoms with E-state index < -0.39 is 17.2 Å². The number of rotatable bonds is 2. The van der Waals surface area contributed by atoms with E-state index in [-0.39, 0.29) is 6.54 Å². The van der Waals surface area contributed by atoms with Crippen LogP contribution in [0, 0.1) is 16.7 Å². The van der Waals surface area contributed by atoms with E-state index in [1.165, 1.54) is 7.05 Å². The molecule has 5 nitrogen and oxygen atoms in total. The third-order valence-corrected chi connectivity index (χ3v) is 2.11. The second-order valence-corrected chi connectivity index (χ2v) is 3.15. The van der Waals surface area contributed by atoms with Crippen LogP contribution in [-0.2, 0) is 9.59 Å². The standard InChI is InChI=1S/C8H11N3O2/c1-10-6(12)7(13)11-5-8(4-9)2-3-8/h2-3,5H2,1H3,(H,10,12)(H,11,13). The van der Waals surface area contributed by atoms with Gasteiger partial charge in [0.05, 0.1) is 11.5 Å². The van der Waals surface area contributed by atoms with Crippen LogP contribution < -0.4 is 10.6 Å². The molecule has 0 atom stereocenters. The van der Waals surface area contributed by atoms with Crippen LogP contribution in [0.4, 0.5) is 0 Å². The second-order valence-electron chi connectivity index (χ2n) is 3.15. The Hall–Kier alpha value is -1.57. The number of nitrogens with zero attached hydrogens (tertiary/aromatic N) is 1. The van der Waals surface area contributed by atoms with E-state index in [0.29, 0.717) is 0 Å². The summed E-state index contributed by atoms with van der Waals surface area (Å²) in [5.41, 5.74) is -0.399. The van der Waals surface area contributed by atoms with Gasteiger partial charge in [0.15, 0.2) is 0 Å². The van der Waals surface area contributed by atoms with Crippen molar-refractivity contribution in [1.29, 1.82) is 5.26 Å². The van der Waals surface area contributed by atoms with Gasteiger partial charge in [-0.3, -0.25) is 9.59 Å². The number of carbonyl (C=O) groups excluding carboxylic acids is 2. The third kappa shape index (κ3) is 2.18. The van der Waals surface area contributed by atoms with Crippen molar-refractivity contribution in [2.45, 2.75) is 12.8 Å². The van der Waals surface area contributed by atoms with Crippen LogP contribution >= 0.6 is 0 Å². The molecular weight excluding hydrogens is 170 g/mol. The number of hydrogen-bond acceptors (Lipinski definition) is 3. The van der Waals surface area contributed by atoms with Crippen molar-refractivity contribution in [3.63, 3.8) is 0 Å². The van der Waals surface area contributed by atoms with Gasteiger partial charge >= 0.3 is 11.8 Å². The summed E-state index contributed by atoms with van der Waals surface area (Å²) in [6, 6.07) is 2.12. The van der Waals surface area contributed by atoms with E-state index in [1.807, 2.05) is 0 Å². The minimum Gasteiger partial charge on any atom is -0.351 e. The van der Waals surface area contributed by atoms with Crippen LogP contribution in [0.25, 0.3) is 0 Å². The zero-order chi connectivity index (χ0) is 9.90. The highest BCUT2D eigenvalue weighted by atomic mass is 16.2. The summed E-state index contributed by atoms with van der Waals surface area (Å²) in [4.78, 5) is 21.7. The molecule has 70 valence electrons. The van der Waals surface area contributed by atoms with Crippen LogP contribution in [0.2, 0.25) is 0 Å². The molecule has 0 aromatic rings. The Morgan fingerprint density at radius 2 is 2.08 bits per heavy atom. The average Bonchev–Trinajstić information content (AvgIpc) is 2.93. The first kappa shape index (κ1) is 9.52. The van der Waals surface area contributed by atoms with Crippen molar-refractivity contribution in [2.24, 2.45) is 5.41 Å². The summed E-state index contributed by atoms with van der Waals surface area (Å²) in [6.07, 6.45) is 1.61. The first-order valence-electron chi connectivity index (χ1n) is 4.05. The molecule has 1 rings (SSSR count). The minimum atomic E-state index is -0.677. The van der Waals surface area contributed by atoms with E-state index in [1.54, 1.807) is 0 Å². The monoisotopic (exact) mass is 181 g/mol. The first-order chi connectivity index (χ1) is 6.13. The van der Waals surface area contributed by atoms with Crippen LogP contribution in [0.5, 0.6) is 0 Å². The molecule has 2 amide bonds. The fourth-order valence-electron chi connectivity index (χ4n) is 0.922. The number of nitriles is 1. The predicted octanol–water partition coefficient (Wildman–Crippen LogP) is -0.848. The topological polar surface area (TPSA) is 82.0 Å². The van der Waals surface area contributed by atoms with Gasteiger partial charge in [0.2, 0.25) is 0 Å². The largest absolute Gasteiger partial charge is 0.351 e. The lowest BCUT2D eigenvalue weighted by molar-refractivity contribution is -0.138. The van der Waals surface area contributed by atoms with E-state index in [0.717, 1.165) is 12.8 Å². The third-order valence-electron chi connectivity index (χ3n) is 2.11. The maximum atomic E-state index is 10.9. The molecule has 1 saturated carbocycles. The number of amides is 2. The second kappa shape index (κ2) is 3.44. The molecule has 1 fully saturated rings. The molecule has 0 bridgehead atoms. The average molecular weight is 181 g/mol. The Kier molecular flexibility index (Phi) is 2.52. The molecule has 0 spiro atoms. The molecule has 0 radical (unpaired) electrons. The highest BCUT2D eigenvalue weighted by Gasteiger charge is 2.43. The van der Waals surface area contributed by atoms with Gasteiger partial charge in [-0.05, 0) is 12.8 Å². The van der Waals surface area contributed by atoms with Gasteiger partial charge in [-0.25, -0.2) is 0 Å². The zero-order valence-corrected chi connectivity index (χ0v) is 7.39. The molecule has 13 heavy (non-hydrogen) atoms. The maximum Gasteiger partial charge on any atom is 0.309 e. The van der Waals surface area contributed by atoms with Crippen molar-refractivity contribution in [1.82, 2.24) is 10.6 Å². The molecule has 0 unspecified atom stereocenters. The number of likely N-dealkylation sites (N-methyl/N-ethyl adjacent to an activating group) is 1. The maximum absolute atomic E-state index is 10.9. The normalized spacial score (nSPS) is 16.9. The summed E-state index contributed by atoms with van der Waals surface area (Å²) in [5.74, 6) is -1.35. The molecule has 0 aliphatic heterocycles. The lowest BCUT2D eigenvalue weighted by Gasteiger charge is -2.06. The van der Waals surface area contributed by atoms with E-state index >= 15 is 0 Å². The minimum absolute atomic E-state index is 0.274. The van der Waals surface area contributed by atoms with Gasteiger partial charge in [-0.1, -0.05) is 0 Å². The van der Waals surface area contributed by atoms with Crippen molar-refractivity contribution in [3.05, 3.63) is 0 Å². The zero-order valence-electron chi connectivity index (χ0n) is 7.39. The number of carbonyl (C=O) groups is 2. The van der Waals surface area contributed by atoms with Gasteiger partial charge in [-0.15, -0.1) is 0 Å². The Morgan fingerprint density at radius 3 is 2.46 bits per heavy atom. The highest BCUT2D eigenvalue weighted by molar-refractivity contribution is 6.35. The smallest absolute Gasteiger partial charge is 0.309 e. The Labute approximate surface area is 76.1 Å². The highest BCUT2D eigenvalue weighted by Crippen LogP contribution is 2.43. The van der Waals surface area contributed by atoms with Crippen molar-refractivity contribution < 1.29 is 9.59 Å². The van der Waals surface area contributed by atoms with Crippen LogP contribution in [0.1, 0.15) is 12.8 Å². The van der Waals surface area contributed by atoms with Crippen molar-refractivity contribution in [2.75, 3.05) is 13.6 Å². The van der Waals surface area contributed by atoms with E-state index in [4.69, 9.17) is 5.26 Å². The van der Waals surface area contributed by atoms with Gasteiger partial charge in [0.1, 0.15) is 0 Å². The first-order valence-corrected chi connectivity index (χ1v) is 4.05. The fraction of sp³-hybridized carbons (Fsp3) is 0.625. The van der Waals surface area contributed by atoms with Gasteiger partial charge in [0, 0.05) is 13.6 Å². The lowest BCUT2D eigenvalue weighted by atomic mass is 10.1. The van der Waals surface area contributed by atoms with Crippen LogP contribution in [0.15, 0.2) is 0 Å². The SMILES string of the molecule is CNC(=O)C(=O)NCC1(C#N)CC1. The van der Waals surface area contributed by atoms with E-state index in [9.17, 15) is 9.59 Å². The molecule has 0 saturated heterocycles. The number of hydrogen-bond donors (Lipinski definition) is 2.